The average molecular weight is 215 g/mol. The number of hydrogen-bond donors (Lipinski definition) is 2. The van der Waals surface area contributed by atoms with Crippen LogP contribution in [0.25, 0.3) is 0 Å². The van der Waals surface area contributed by atoms with E-state index < -0.39 is 5.54 Å². The molecule has 15 heavy (non-hydrogen) atoms. The van der Waals surface area contributed by atoms with Crippen molar-refractivity contribution in [2.45, 2.75) is 38.6 Å². The van der Waals surface area contributed by atoms with E-state index in [0.29, 0.717) is 6.42 Å². The third kappa shape index (κ3) is 6.47. The van der Waals surface area contributed by atoms with E-state index in [9.17, 15) is 4.79 Å². The highest BCUT2D eigenvalue weighted by Crippen LogP contribution is 2.04. The Bertz CT molecular complexity index is 190. The summed E-state index contributed by atoms with van der Waals surface area (Å²) in [5.41, 5.74) is 5.08. The van der Waals surface area contributed by atoms with E-state index in [1.165, 1.54) is 0 Å². The maximum Gasteiger partial charge on any atom is 0.239 e. The second-order valence-corrected chi connectivity index (χ2v) is 4.54. The van der Waals surface area contributed by atoms with Crippen molar-refractivity contribution in [1.82, 2.24) is 10.2 Å². The zero-order chi connectivity index (χ0) is 11.9. The molecule has 0 aromatic rings. The summed E-state index contributed by atoms with van der Waals surface area (Å²) in [4.78, 5) is 13.7. The van der Waals surface area contributed by atoms with Crippen LogP contribution < -0.4 is 11.1 Å². The van der Waals surface area contributed by atoms with E-state index in [0.717, 1.165) is 25.9 Å². The van der Waals surface area contributed by atoms with Crippen molar-refractivity contribution in [1.29, 1.82) is 0 Å². The Kier molecular flexibility index (Phi) is 6.52. The van der Waals surface area contributed by atoms with Gasteiger partial charge in [-0.1, -0.05) is 6.92 Å². The van der Waals surface area contributed by atoms with E-state index in [2.05, 4.69) is 10.2 Å². The lowest BCUT2D eigenvalue weighted by molar-refractivity contribution is -0.125. The zero-order valence-corrected chi connectivity index (χ0v) is 10.5. The minimum atomic E-state index is -0.721. The maximum absolute atomic E-state index is 11.5. The molecule has 4 heteroatoms. The van der Waals surface area contributed by atoms with E-state index >= 15 is 0 Å². The van der Waals surface area contributed by atoms with Crippen LogP contribution in [-0.4, -0.2) is 43.5 Å². The average Bonchev–Trinajstić information content (AvgIpc) is 2.16. The molecule has 0 aliphatic carbocycles. The van der Waals surface area contributed by atoms with Gasteiger partial charge in [0, 0.05) is 6.54 Å². The number of unbranched alkanes of at least 4 members (excludes halogenated alkanes) is 1. The highest BCUT2D eigenvalue weighted by molar-refractivity contribution is 5.85. The Morgan fingerprint density at radius 3 is 2.47 bits per heavy atom. The van der Waals surface area contributed by atoms with Crippen molar-refractivity contribution in [3.8, 4) is 0 Å². The van der Waals surface area contributed by atoms with Crippen molar-refractivity contribution in [3.63, 3.8) is 0 Å². The normalized spacial score (nSPS) is 15.1. The summed E-state index contributed by atoms with van der Waals surface area (Å²) >= 11 is 0. The zero-order valence-electron chi connectivity index (χ0n) is 10.5. The number of nitrogens with one attached hydrogen (secondary N) is 1. The van der Waals surface area contributed by atoms with Crippen LogP contribution in [0.4, 0.5) is 0 Å². The fraction of sp³-hybridized carbons (Fsp3) is 0.909. The van der Waals surface area contributed by atoms with Crippen LogP contribution >= 0.6 is 0 Å². The molecule has 0 saturated carbocycles. The number of hydrogen-bond acceptors (Lipinski definition) is 3. The number of carbonyl (C=O) groups is 1. The van der Waals surface area contributed by atoms with Gasteiger partial charge in [0.1, 0.15) is 0 Å². The molecule has 0 aliphatic heterocycles. The van der Waals surface area contributed by atoms with Crippen LogP contribution in [0.3, 0.4) is 0 Å². The summed E-state index contributed by atoms with van der Waals surface area (Å²) in [6.07, 6.45) is 2.76. The Labute approximate surface area is 93.2 Å². The SMILES string of the molecule is CCC(C)(N)C(=O)NCCCCN(C)C. The van der Waals surface area contributed by atoms with Gasteiger partial charge in [0.25, 0.3) is 0 Å². The standard InChI is InChI=1S/C11H25N3O/c1-5-11(2,12)10(15)13-8-6-7-9-14(3)4/h5-9,12H2,1-4H3,(H,13,15). The van der Waals surface area contributed by atoms with E-state index in [-0.39, 0.29) is 5.91 Å². The van der Waals surface area contributed by atoms with Crippen molar-refractivity contribution in [3.05, 3.63) is 0 Å². The summed E-state index contributed by atoms with van der Waals surface area (Å²) in [6.45, 7) is 5.47. The van der Waals surface area contributed by atoms with E-state index in [4.69, 9.17) is 5.73 Å². The highest BCUT2D eigenvalue weighted by atomic mass is 16.2. The topological polar surface area (TPSA) is 58.4 Å². The van der Waals surface area contributed by atoms with E-state index in [1.54, 1.807) is 6.92 Å². The predicted molar refractivity (Wildman–Crippen MR) is 63.7 cm³/mol. The third-order valence-corrected chi connectivity index (χ3v) is 2.57. The Morgan fingerprint density at radius 1 is 1.40 bits per heavy atom. The second-order valence-electron chi connectivity index (χ2n) is 4.54. The predicted octanol–water partition coefficient (Wildman–Crippen LogP) is 0.572. The van der Waals surface area contributed by atoms with Gasteiger partial charge in [-0.05, 0) is 46.8 Å². The summed E-state index contributed by atoms with van der Waals surface area (Å²) in [5.74, 6) is -0.0464. The molecule has 0 aromatic carbocycles. The second kappa shape index (κ2) is 6.80. The first-order valence-electron chi connectivity index (χ1n) is 5.62. The minimum Gasteiger partial charge on any atom is -0.355 e. The van der Waals surface area contributed by atoms with Crippen LogP contribution in [-0.2, 0) is 4.79 Å². The molecule has 0 bridgehead atoms. The molecule has 0 aliphatic rings. The van der Waals surface area contributed by atoms with Crippen molar-refractivity contribution in [2.24, 2.45) is 5.73 Å². The van der Waals surface area contributed by atoms with E-state index in [1.807, 2.05) is 21.0 Å². The van der Waals surface area contributed by atoms with Crippen molar-refractivity contribution >= 4 is 5.91 Å². The molecule has 4 nitrogen and oxygen atoms in total. The van der Waals surface area contributed by atoms with Crippen LogP contribution in [0.2, 0.25) is 0 Å². The van der Waals surface area contributed by atoms with Crippen LogP contribution in [0.1, 0.15) is 33.1 Å². The lowest BCUT2D eigenvalue weighted by Crippen LogP contribution is -2.51. The third-order valence-electron chi connectivity index (χ3n) is 2.57. The van der Waals surface area contributed by atoms with Crippen LogP contribution in [0, 0.1) is 0 Å². The molecular weight excluding hydrogens is 190 g/mol. The van der Waals surface area contributed by atoms with Crippen molar-refractivity contribution in [2.75, 3.05) is 27.2 Å². The lowest BCUT2D eigenvalue weighted by Gasteiger charge is -2.21. The monoisotopic (exact) mass is 215 g/mol. The largest absolute Gasteiger partial charge is 0.355 e. The molecule has 1 amide bonds. The van der Waals surface area contributed by atoms with Gasteiger partial charge in [-0.25, -0.2) is 0 Å². The summed E-state index contributed by atoms with van der Waals surface area (Å²) < 4.78 is 0. The molecule has 0 rings (SSSR count). The number of rotatable bonds is 7. The molecule has 1 atom stereocenters. The van der Waals surface area contributed by atoms with Gasteiger partial charge < -0.3 is 16.0 Å². The smallest absolute Gasteiger partial charge is 0.239 e. The molecule has 0 fully saturated rings. The summed E-state index contributed by atoms with van der Waals surface area (Å²) in [5, 5.41) is 2.87. The molecule has 0 saturated heterocycles. The van der Waals surface area contributed by atoms with Crippen LogP contribution in [0.5, 0.6) is 0 Å². The van der Waals surface area contributed by atoms with Gasteiger partial charge in [-0.15, -0.1) is 0 Å². The first-order chi connectivity index (χ1) is 6.90. The Balaban J connectivity index is 3.56. The number of nitrogens with zero attached hydrogens (tertiary/aromatic N) is 1. The number of nitrogens with two attached hydrogens (primary N) is 1. The molecule has 0 spiro atoms. The van der Waals surface area contributed by atoms with Gasteiger partial charge in [-0.3, -0.25) is 4.79 Å². The Morgan fingerprint density at radius 2 is 2.00 bits per heavy atom. The van der Waals surface area contributed by atoms with Crippen molar-refractivity contribution < 1.29 is 4.79 Å². The molecule has 3 N–H and O–H groups in total. The fourth-order valence-corrected chi connectivity index (χ4v) is 1.12. The lowest BCUT2D eigenvalue weighted by atomic mass is 9.99. The first kappa shape index (κ1) is 14.4. The summed E-state index contributed by atoms with van der Waals surface area (Å²) in [7, 11) is 4.10. The minimum absolute atomic E-state index is 0.0464. The summed E-state index contributed by atoms with van der Waals surface area (Å²) in [6, 6.07) is 0. The maximum atomic E-state index is 11.5. The van der Waals surface area contributed by atoms with Gasteiger partial charge >= 0.3 is 0 Å². The highest BCUT2D eigenvalue weighted by Gasteiger charge is 2.24. The molecule has 0 heterocycles. The number of carbonyl (C=O) groups excluding carboxylic acids is 1. The fourth-order valence-electron chi connectivity index (χ4n) is 1.12. The Hall–Kier alpha value is -0.610. The molecule has 0 radical (unpaired) electrons. The molecule has 1 unspecified atom stereocenters. The van der Waals surface area contributed by atoms with Gasteiger partial charge in [0.05, 0.1) is 5.54 Å². The van der Waals surface area contributed by atoms with Gasteiger partial charge in [0.2, 0.25) is 5.91 Å². The first-order valence-corrected chi connectivity index (χ1v) is 5.62. The van der Waals surface area contributed by atoms with Gasteiger partial charge in [0.15, 0.2) is 0 Å². The molecule has 90 valence electrons. The molecular formula is C11H25N3O. The molecule has 0 aromatic heterocycles. The number of amides is 1. The van der Waals surface area contributed by atoms with Gasteiger partial charge in [-0.2, -0.15) is 0 Å². The quantitative estimate of drug-likeness (QED) is 0.611. The van der Waals surface area contributed by atoms with Crippen LogP contribution in [0.15, 0.2) is 0 Å².